The molecule has 0 radical (unpaired) electrons. The van der Waals surface area contributed by atoms with Gasteiger partial charge < -0.3 is 19.5 Å². The maximum Gasteiger partial charge on any atom is 0.226 e. The molecule has 0 aliphatic heterocycles. The van der Waals surface area contributed by atoms with E-state index in [0.29, 0.717) is 29.5 Å². The molecule has 1 N–H and O–H groups in total. The lowest BCUT2D eigenvalue weighted by molar-refractivity contribution is -0.116. The number of methoxy groups -OCH3 is 3. The largest absolute Gasteiger partial charge is 0.497 e. The fraction of sp³-hybridized carbons (Fsp3) is 0.273. The highest BCUT2D eigenvalue weighted by atomic mass is 32.1. The van der Waals surface area contributed by atoms with Gasteiger partial charge in [-0.2, -0.15) is 0 Å². The third-order valence-corrected chi connectivity index (χ3v) is 5.36. The number of aryl methyl sites for hydroxylation is 2. The van der Waals surface area contributed by atoms with Gasteiger partial charge in [-0.25, -0.2) is 4.98 Å². The zero-order chi connectivity index (χ0) is 20.8. The van der Waals surface area contributed by atoms with Crippen LogP contribution >= 0.6 is 11.3 Å². The molecule has 0 saturated heterocycles. The first-order valence-corrected chi connectivity index (χ1v) is 9.98. The van der Waals surface area contributed by atoms with E-state index in [-0.39, 0.29) is 5.91 Å². The summed E-state index contributed by atoms with van der Waals surface area (Å²) in [7, 11) is 4.83. The average molecular weight is 413 g/mol. The lowest BCUT2D eigenvalue weighted by atomic mass is 10.1. The summed E-state index contributed by atoms with van der Waals surface area (Å²) >= 11 is 1.45. The number of rotatable bonds is 8. The lowest BCUT2D eigenvalue weighted by Gasteiger charge is -2.08. The van der Waals surface area contributed by atoms with Crippen LogP contribution in [0.5, 0.6) is 17.2 Å². The highest BCUT2D eigenvalue weighted by molar-refractivity contribution is 7.16. The van der Waals surface area contributed by atoms with Gasteiger partial charge in [-0.15, -0.1) is 11.3 Å². The van der Waals surface area contributed by atoms with Crippen molar-refractivity contribution >= 4 is 22.4 Å². The fourth-order valence-corrected chi connectivity index (χ4v) is 3.82. The molecule has 0 fully saturated rings. The number of thiazole rings is 1. The van der Waals surface area contributed by atoms with Crippen LogP contribution in [0.25, 0.3) is 11.3 Å². The molecule has 6 nitrogen and oxygen atoms in total. The van der Waals surface area contributed by atoms with Crippen molar-refractivity contribution in [3.05, 3.63) is 52.9 Å². The first-order valence-electron chi connectivity index (χ1n) is 9.16. The Balaban J connectivity index is 1.67. The number of nitrogens with one attached hydrogen (secondary N) is 1. The number of ether oxygens (including phenoxy) is 3. The molecular formula is C22H24N2O4S. The summed E-state index contributed by atoms with van der Waals surface area (Å²) in [6.07, 6.45) is 1.01. The summed E-state index contributed by atoms with van der Waals surface area (Å²) in [5, 5.41) is 3.49. The molecule has 29 heavy (non-hydrogen) atoms. The van der Waals surface area contributed by atoms with Gasteiger partial charge in [0.1, 0.15) is 5.75 Å². The molecule has 1 aromatic heterocycles. The number of hydrogen-bond acceptors (Lipinski definition) is 6. The van der Waals surface area contributed by atoms with Crippen LogP contribution in [-0.4, -0.2) is 32.2 Å². The molecular weight excluding hydrogens is 388 g/mol. The minimum absolute atomic E-state index is 0.0690. The highest BCUT2D eigenvalue weighted by Crippen LogP contribution is 2.36. The third-order valence-electron chi connectivity index (χ3n) is 4.47. The minimum Gasteiger partial charge on any atom is -0.497 e. The van der Waals surface area contributed by atoms with Crippen LogP contribution < -0.4 is 19.5 Å². The Morgan fingerprint density at radius 2 is 1.83 bits per heavy atom. The van der Waals surface area contributed by atoms with Crippen molar-refractivity contribution < 1.29 is 19.0 Å². The lowest BCUT2D eigenvalue weighted by Crippen LogP contribution is -2.12. The Kier molecular flexibility index (Phi) is 6.72. The zero-order valence-corrected chi connectivity index (χ0v) is 17.8. The van der Waals surface area contributed by atoms with E-state index >= 15 is 0 Å². The van der Waals surface area contributed by atoms with Crippen molar-refractivity contribution in [2.75, 3.05) is 26.6 Å². The van der Waals surface area contributed by atoms with Gasteiger partial charge in [-0.3, -0.25) is 4.79 Å². The smallest absolute Gasteiger partial charge is 0.226 e. The van der Waals surface area contributed by atoms with Gasteiger partial charge in [0.05, 0.1) is 27.0 Å². The van der Waals surface area contributed by atoms with Crippen LogP contribution in [0.15, 0.2) is 42.5 Å². The quantitative estimate of drug-likeness (QED) is 0.580. The Morgan fingerprint density at radius 3 is 2.55 bits per heavy atom. The number of aromatic nitrogens is 1. The summed E-state index contributed by atoms with van der Waals surface area (Å²) in [4.78, 5) is 18.0. The van der Waals surface area contributed by atoms with E-state index in [2.05, 4.69) is 10.3 Å². The van der Waals surface area contributed by atoms with Gasteiger partial charge in [-0.05, 0) is 49.2 Å². The molecule has 0 spiro atoms. The van der Waals surface area contributed by atoms with Crippen LogP contribution in [0, 0.1) is 6.92 Å². The molecule has 0 unspecified atom stereocenters. The van der Waals surface area contributed by atoms with Crippen LogP contribution in [-0.2, 0) is 11.2 Å². The number of anilines is 1. The molecule has 0 atom stereocenters. The van der Waals surface area contributed by atoms with Gasteiger partial charge in [0.15, 0.2) is 16.6 Å². The van der Waals surface area contributed by atoms with Gasteiger partial charge in [0.2, 0.25) is 5.91 Å². The average Bonchev–Trinajstić information content (AvgIpc) is 3.11. The van der Waals surface area contributed by atoms with Crippen molar-refractivity contribution in [1.82, 2.24) is 4.98 Å². The van der Waals surface area contributed by atoms with E-state index in [1.165, 1.54) is 11.3 Å². The molecule has 3 aromatic rings. The standard InChI is InChI=1S/C22H24N2O4S/c1-14-21(16-9-10-18(27-3)19(13-16)28-4)24-22(29-14)23-20(25)11-8-15-6-5-7-17(12-15)26-2/h5-7,9-10,12-13H,8,11H2,1-4H3,(H,23,24,25). The number of nitrogens with zero attached hydrogens (tertiary/aromatic N) is 1. The van der Waals surface area contributed by atoms with Crippen LogP contribution in [0.3, 0.4) is 0 Å². The predicted molar refractivity (Wildman–Crippen MR) is 115 cm³/mol. The van der Waals surface area contributed by atoms with Crippen LogP contribution in [0.2, 0.25) is 0 Å². The van der Waals surface area contributed by atoms with Crippen molar-refractivity contribution in [1.29, 1.82) is 0 Å². The summed E-state index contributed by atoms with van der Waals surface area (Å²) in [6, 6.07) is 13.4. The van der Waals surface area contributed by atoms with Gasteiger partial charge in [0, 0.05) is 16.9 Å². The first-order chi connectivity index (χ1) is 14.0. The number of carbonyl (C=O) groups excluding carboxylic acids is 1. The van der Waals surface area contributed by atoms with E-state index in [9.17, 15) is 4.79 Å². The topological polar surface area (TPSA) is 69.7 Å². The van der Waals surface area contributed by atoms with E-state index in [1.807, 2.05) is 49.4 Å². The second kappa shape index (κ2) is 9.43. The number of benzene rings is 2. The Bertz CT molecular complexity index is 1000. The van der Waals surface area contributed by atoms with Crippen LogP contribution in [0.4, 0.5) is 5.13 Å². The maximum atomic E-state index is 12.4. The molecule has 0 aliphatic rings. The summed E-state index contributed by atoms with van der Waals surface area (Å²) in [5.41, 5.74) is 2.79. The summed E-state index contributed by atoms with van der Waals surface area (Å²) < 4.78 is 15.9. The molecule has 0 bridgehead atoms. The van der Waals surface area contributed by atoms with Gasteiger partial charge in [-0.1, -0.05) is 12.1 Å². The number of amides is 1. The van der Waals surface area contributed by atoms with E-state index in [4.69, 9.17) is 14.2 Å². The molecule has 1 amide bonds. The highest BCUT2D eigenvalue weighted by Gasteiger charge is 2.14. The molecule has 3 rings (SSSR count). The first kappa shape index (κ1) is 20.7. The SMILES string of the molecule is COc1cccc(CCC(=O)Nc2nc(-c3ccc(OC)c(OC)c3)c(C)s2)c1. The fourth-order valence-electron chi connectivity index (χ4n) is 2.97. The number of hydrogen-bond donors (Lipinski definition) is 1. The van der Waals surface area contributed by atoms with E-state index in [1.54, 1.807) is 21.3 Å². The second-order valence-electron chi connectivity index (χ2n) is 6.39. The third kappa shape index (κ3) is 5.06. The summed E-state index contributed by atoms with van der Waals surface area (Å²) in [5.74, 6) is 2.02. The maximum absolute atomic E-state index is 12.4. The molecule has 1 heterocycles. The van der Waals surface area contributed by atoms with Crippen molar-refractivity contribution in [2.45, 2.75) is 19.8 Å². The summed E-state index contributed by atoms with van der Waals surface area (Å²) in [6.45, 7) is 1.98. The van der Waals surface area contributed by atoms with Gasteiger partial charge >= 0.3 is 0 Å². The normalized spacial score (nSPS) is 10.5. The van der Waals surface area contributed by atoms with Crippen molar-refractivity contribution in [3.63, 3.8) is 0 Å². The second-order valence-corrected chi connectivity index (χ2v) is 7.60. The van der Waals surface area contributed by atoms with E-state index < -0.39 is 0 Å². The monoisotopic (exact) mass is 412 g/mol. The van der Waals surface area contributed by atoms with Gasteiger partial charge in [0.25, 0.3) is 0 Å². The molecule has 152 valence electrons. The van der Waals surface area contributed by atoms with E-state index in [0.717, 1.165) is 27.4 Å². The minimum atomic E-state index is -0.0690. The molecule has 7 heteroatoms. The Labute approximate surface area is 174 Å². The zero-order valence-electron chi connectivity index (χ0n) is 16.9. The number of carbonyl (C=O) groups is 1. The predicted octanol–water partition coefficient (Wildman–Crippen LogP) is 4.72. The Morgan fingerprint density at radius 1 is 1.03 bits per heavy atom. The molecule has 0 saturated carbocycles. The molecule has 2 aromatic carbocycles. The Hall–Kier alpha value is -3.06. The van der Waals surface area contributed by atoms with Crippen LogP contribution in [0.1, 0.15) is 16.9 Å². The van der Waals surface area contributed by atoms with Crippen molar-refractivity contribution in [3.8, 4) is 28.5 Å². The van der Waals surface area contributed by atoms with Crippen molar-refractivity contribution in [2.24, 2.45) is 0 Å². The molecule has 0 aliphatic carbocycles.